The third kappa shape index (κ3) is 6.28. The minimum Gasteiger partial charge on any atom is -0.461 e. The normalized spacial score (nSPS) is 14.1. The number of nitrogens with two attached hydrogens (primary N) is 1. The fraction of sp³-hybridized carbons (Fsp3) is 0.242. The van der Waals surface area contributed by atoms with E-state index in [0.29, 0.717) is 17.8 Å². The van der Waals surface area contributed by atoms with E-state index in [1.807, 2.05) is 42.5 Å². The Morgan fingerprint density at radius 3 is 2.39 bits per heavy atom. The molecule has 0 bridgehead atoms. The summed E-state index contributed by atoms with van der Waals surface area (Å²) in [7, 11) is 0. The van der Waals surface area contributed by atoms with Gasteiger partial charge in [0, 0.05) is 18.2 Å². The lowest BCUT2D eigenvalue weighted by molar-refractivity contribution is -0.151. The van der Waals surface area contributed by atoms with Gasteiger partial charge in [-0.25, -0.2) is 9.18 Å². The summed E-state index contributed by atoms with van der Waals surface area (Å²) in [5.74, 6) is -1.11. The molecule has 0 spiro atoms. The van der Waals surface area contributed by atoms with Gasteiger partial charge in [0.25, 0.3) is 5.56 Å². The Balaban J connectivity index is 1.34. The molecule has 0 aliphatic heterocycles. The van der Waals surface area contributed by atoms with E-state index < -0.39 is 17.6 Å². The molecule has 7 nitrogen and oxygen atoms in total. The number of hydrogen-bond acceptors (Lipinski definition) is 6. The van der Waals surface area contributed by atoms with E-state index >= 15 is 0 Å². The van der Waals surface area contributed by atoms with Crippen molar-refractivity contribution in [2.45, 2.75) is 51.3 Å². The number of aromatic nitrogens is 1. The molecule has 1 aliphatic rings. The van der Waals surface area contributed by atoms with Gasteiger partial charge in [-0.2, -0.15) is 0 Å². The van der Waals surface area contributed by atoms with Gasteiger partial charge in [0.2, 0.25) is 0 Å². The van der Waals surface area contributed by atoms with Gasteiger partial charge in [-0.1, -0.05) is 42.5 Å². The largest absolute Gasteiger partial charge is 0.461 e. The fourth-order valence-electron chi connectivity index (χ4n) is 5.16. The fourth-order valence-corrected chi connectivity index (χ4v) is 5.16. The molecule has 1 heterocycles. The Morgan fingerprint density at radius 1 is 1.00 bits per heavy atom. The Morgan fingerprint density at radius 2 is 1.71 bits per heavy atom. The predicted molar refractivity (Wildman–Crippen MR) is 155 cm³/mol. The Bertz CT molecular complexity index is 1610. The molecule has 0 amide bonds. The maximum atomic E-state index is 13.7. The van der Waals surface area contributed by atoms with Crippen LogP contribution in [0.1, 0.15) is 64.3 Å². The molecule has 3 N–H and O–H groups in total. The summed E-state index contributed by atoms with van der Waals surface area (Å²) in [4.78, 5) is 39.0. The van der Waals surface area contributed by atoms with Crippen LogP contribution in [0.2, 0.25) is 0 Å². The molecule has 0 unspecified atom stereocenters. The van der Waals surface area contributed by atoms with E-state index in [9.17, 15) is 18.8 Å². The van der Waals surface area contributed by atoms with Gasteiger partial charge in [-0.05, 0) is 85.7 Å². The zero-order chi connectivity index (χ0) is 28.9. The van der Waals surface area contributed by atoms with Crippen LogP contribution in [0.15, 0.2) is 89.7 Å². The van der Waals surface area contributed by atoms with Crippen LogP contribution in [0.4, 0.5) is 10.2 Å². The number of pyridine rings is 1. The number of carbonyl (C=O) groups is 2. The smallest absolute Gasteiger partial charge is 0.328 e. The van der Waals surface area contributed by atoms with E-state index in [1.165, 1.54) is 34.9 Å². The van der Waals surface area contributed by atoms with Crippen molar-refractivity contribution in [1.29, 1.82) is 0 Å². The number of halogens is 1. The van der Waals surface area contributed by atoms with Crippen molar-refractivity contribution in [3.63, 3.8) is 0 Å². The summed E-state index contributed by atoms with van der Waals surface area (Å²) in [5, 5.41) is 3.32. The van der Waals surface area contributed by atoms with E-state index in [4.69, 9.17) is 10.5 Å². The molecule has 41 heavy (non-hydrogen) atoms. The number of esters is 1. The number of rotatable bonds is 9. The molecule has 210 valence electrons. The van der Waals surface area contributed by atoms with Crippen molar-refractivity contribution in [3.05, 3.63) is 129 Å². The lowest BCUT2D eigenvalue weighted by Crippen LogP contribution is -2.32. The van der Waals surface area contributed by atoms with Crippen LogP contribution in [0.3, 0.4) is 0 Å². The van der Waals surface area contributed by atoms with Gasteiger partial charge < -0.3 is 10.5 Å². The molecular formula is C33H32FN3O4. The number of aryl methyl sites for hydroxylation is 1. The first-order chi connectivity index (χ1) is 19.8. The van der Waals surface area contributed by atoms with Crippen LogP contribution in [0, 0.1) is 12.7 Å². The summed E-state index contributed by atoms with van der Waals surface area (Å²) < 4.78 is 20.8. The maximum Gasteiger partial charge on any atom is 0.328 e. The van der Waals surface area contributed by atoms with Crippen molar-refractivity contribution in [2.24, 2.45) is 0 Å². The quantitative estimate of drug-likeness (QED) is 0.212. The highest BCUT2D eigenvalue weighted by Gasteiger charge is 2.26. The van der Waals surface area contributed by atoms with Gasteiger partial charge in [0.1, 0.15) is 23.8 Å². The average molecular weight is 554 g/mol. The minimum atomic E-state index is -0.618. The predicted octanol–water partition coefficient (Wildman–Crippen LogP) is 5.41. The SMILES string of the molecule is Cc1cc(C(=O)c2ccc(=O)n(-c3ccc(CN[C@H](C(=O)OC4CCCC4)c4ccccc4)cc3)c2N)ccc1F. The molecule has 8 heteroatoms. The number of nitrogens with zero attached hydrogens (tertiary/aromatic N) is 1. The summed E-state index contributed by atoms with van der Waals surface area (Å²) in [5.41, 5.74) is 8.89. The Hall–Kier alpha value is -4.56. The average Bonchev–Trinajstić information content (AvgIpc) is 3.49. The van der Waals surface area contributed by atoms with Crippen LogP contribution in [-0.2, 0) is 16.1 Å². The van der Waals surface area contributed by atoms with Gasteiger partial charge in [0.05, 0.1) is 11.3 Å². The lowest BCUT2D eigenvalue weighted by atomic mass is 10.0. The van der Waals surface area contributed by atoms with Crippen LogP contribution < -0.4 is 16.6 Å². The maximum absolute atomic E-state index is 13.7. The molecule has 1 atom stereocenters. The number of ether oxygens (including phenoxy) is 1. The van der Waals surface area contributed by atoms with Gasteiger partial charge in [-0.15, -0.1) is 0 Å². The molecular weight excluding hydrogens is 521 g/mol. The molecule has 1 saturated carbocycles. The summed E-state index contributed by atoms with van der Waals surface area (Å²) >= 11 is 0. The molecule has 1 aliphatic carbocycles. The number of benzene rings is 3. The first kappa shape index (κ1) is 28.0. The van der Waals surface area contributed by atoms with Crippen LogP contribution >= 0.6 is 0 Å². The summed E-state index contributed by atoms with van der Waals surface area (Å²) in [6.07, 6.45) is 3.91. The third-order valence-corrected chi connectivity index (χ3v) is 7.45. The number of nitrogens with one attached hydrogen (secondary N) is 1. The van der Waals surface area contributed by atoms with Crippen molar-refractivity contribution < 1.29 is 18.7 Å². The number of anilines is 1. The number of hydrogen-bond donors (Lipinski definition) is 2. The topological polar surface area (TPSA) is 103 Å². The van der Waals surface area contributed by atoms with E-state index in [1.54, 1.807) is 19.1 Å². The number of carbonyl (C=O) groups excluding carboxylic acids is 2. The van der Waals surface area contributed by atoms with Crippen molar-refractivity contribution in [1.82, 2.24) is 9.88 Å². The van der Waals surface area contributed by atoms with Crippen LogP contribution in [-0.4, -0.2) is 22.4 Å². The summed E-state index contributed by atoms with van der Waals surface area (Å²) in [6.45, 7) is 1.96. The van der Waals surface area contributed by atoms with Gasteiger partial charge in [-0.3, -0.25) is 19.5 Å². The zero-order valence-corrected chi connectivity index (χ0v) is 22.8. The van der Waals surface area contributed by atoms with Gasteiger partial charge in [0.15, 0.2) is 5.78 Å². The molecule has 1 aromatic heterocycles. The first-order valence-electron chi connectivity index (χ1n) is 13.7. The van der Waals surface area contributed by atoms with Crippen molar-refractivity contribution >= 4 is 17.6 Å². The second-order valence-corrected chi connectivity index (χ2v) is 10.3. The highest BCUT2D eigenvalue weighted by atomic mass is 19.1. The second-order valence-electron chi connectivity index (χ2n) is 10.3. The summed E-state index contributed by atoms with van der Waals surface area (Å²) in [6, 6.07) is 22.8. The molecule has 5 rings (SSSR count). The monoisotopic (exact) mass is 553 g/mol. The van der Waals surface area contributed by atoms with Crippen molar-refractivity contribution in [3.8, 4) is 5.69 Å². The molecule has 0 radical (unpaired) electrons. The molecule has 0 saturated heterocycles. The lowest BCUT2D eigenvalue weighted by Gasteiger charge is -2.21. The highest BCUT2D eigenvalue weighted by molar-refractivity contribution is 6.11. The van der Waals surface area contributed by atoms with Crippen molar-refractivity contribution in [2.75, 3.05) is 5.73 Å². The molecule has 4 aromatic rings. The molecule has 3 aromatic carbocycles. The minimum absolute atomic E-state index is 0.00541. The highest BCUT2D eigenvalue weighted by Crippen LogP contribution is 2.25. The van der Waals surface area contributed by atoms with Crippen LogP contribution in [0.5, 0.6) is 0 Å². The first-order valence-corrected chi connectivity index (χ1v) is 13.7. The van der Waals surface area contributed by atoms with E-state index in [2.05, 4.69) is 5.32 Å². The Kier molecular flexibility index (Phi) is 8.40. The van der Waals surface area contributed by atoms with E-state index in [0.717, 1.165) is 36.8 Å². The second kappa shape index (κ2) is 12.3. The van der Waals surface area contributed by atoms with Crippen LogP contribution in [0.25, 0.3) is 5.69 Å². The number of nitrogen functional groups attached to an aromatic ring is 1. The third-order valence-electron chi connectivity index (χ3n) is 7.45. The number of ketones is 1. The molecule has 1 fully saturated rings. The zero-order valence-electron chi connectivity index (χ0n) is 22.8. The standard InChI is InChI=1S/C33H32FN3O4/c1-21-19-24(13-17-28(21)34)31(39)27-16-18-29(38)37(32(27)35)25-14-11-22(12-15-25)20-36-30(23-7-3-2-4-8-23)33(40)41-26-9-5-6-10-26/h2-4,7-8,11-19,26,30,36H,5-6,9-10,20,35H2,1H3/t30-/m0/s1. The van der Waals surface area contributed by atoms with E-state index in [-0.39, 0.29) is 34.6 Å². The Labute approximate surface area is 237 Å². The van der Waals surface area contributed by atoms with Gasteiger partial charge >= 0.3 is 5.97 Å².